The molecule has 4 heteroatoms. The summed E-state index contributed by atoms with van der Waals surface area (Å²) in [5, 5.41) is 22.9. The van der Waals surface area contributed by atoms with E-state index in [1.54, 1.807) is 6.08 Å². The number of allylic oxidation sites excluding steroid dienone is 15. The van der Waals surface area contributed by atoms with Crippen LogP contribution in [0.1, 0.15) is 149 Å². The molecule has 2 unspecified atom stereocenters. The normalized spacial score (nSPS) is 14.2. The van der Waals surface area contributed by atoms with E-state index in [0.717, 1.165) is 83.5 Å². The lowest BCUT2D eigenvalue weighted by molar-refractivity contribution is -0.123. The fourth-order valence-electron chi connectivity index (χ4n) is 4.88. The van der Waals surface area contributed by atoms with Crippen LogP contribution in [0.25, 0.3) is 0 Å². The van der Waals surface area contributed by atoms with E-state index >= 15 is 0 Å². The average molecular weight is 650 g/mol. The Morgan fingerprint density at radius 2 is 0.957 bits per heavy atom. The Morgan fingerprint density at radius 3 is 1.49 bits per heavy atom. The molecule has 0 aliphatic carbocycles. The van der Waals surface area contributed by atoms with Gasteiger partial charge in [0.1, 0.15) is 0 Å². The van der Waals surface area contributed by atoms with Gasteiger partial charge in [-0.3, -0.25) is 4.79 Å². The fraction of sp³-hybridized carbons (Fsp3) is 0.605. The maximum atomic E-state index is 12.3. The standard InChI is InChI=1S/C43H71NO3/c1-3-5-7-9-11-13-15-17-19-20-21-22-23-24-25-27-29-31-33-35-37-39-43(47)44-41(40-45)42(46)38-36-34-32-30-28-26-18-16-14-12-10-8-6-4-2/h5,7,11,13-14,16-17,19,21-22,24-25,28,30,36,38,41-42,45-46H,3-4,6,8-10,12,15,18,20,23,26-27,29,31-35,37,39-40H2,1-2H3,(H,44,47)/b7-5-,13-11-,16-14+,19-17-,22-21-,25-24-,30-28+,38-36+. The zero-order chi connectivity index (χ0) is 34.3. The number of hydrogen-bond donors (Lipinski definition) is 3. The maximum absolute atomic E-state index is 12.3. The number of hydrogen-bond acceptors (Lipinski definition) is 3. The number of carbonyl (C=O) groups excluding carboxylic acids is 1. The van der Waals surface area contributed by atoms with Crippen LogP contribution in [0.15, 0.2) is 97.2 Å². The van der Waals surface area contributed by atoms with Crippen molar-refractivity contribution < 1.29 is 15.0 Å². The van der Waals surface area contributed by atoms with Crippen molar-refractivity contribution in [3.8, 4) is 0 Å². The third-order valence-corrected chi connectivity index (χ3v) is 7.78. The SMILES string of the molecule is CC/C=C\C/C=C\C/C=C\C/C=C\C/C=C\CCCCCCCC(=O)NC(CO)C(O)/C=C/CC/C=C/CC/C=C/CCCCCC. The summed E-state index contributed by atoms with van der Waals surface area (Å²) in [5.74, 6) is -0.103. The molecule has 0 aromatic carbocycles. The minimum absolute atomic E-state index is 0.103. The highest BCUT2D eigenvalue weighted by Crippen LogP contribution is 2.09. The first-order valence-corrected chi connectivity index (χ1v) is 19.0. The molecule has 0 aliphatic heterocycles. The molecule has 0 aliphatic rings. The minimum Gasteiger partial charge on any atom is -0.394 e. The molecule has 1 amide bonds. The molecule has 2 atom stereocenters. The van der Waals surface area contributed by atoms with E-state index in [4.69, 9.17) is 0 Å². The molecule has 0 saturated heterocycles. The highest BCUT2D eigenvalue weighted by molar-refractivity contribution is 5.76. The van der Waals surface area contributed by atoms with Crippen LogP contribution in [-0.2, 0) is 4.79 Å². The Kier molecular flexibility index (Phi) is 35.6. The molecule has 0 fully saturated rings. The van der Waals surface area contributed by atoms with E-state index in [1.807, 2.05) is 6.08 Å². The lowest BCUT2D eigenvalue weighted by atomic mass is 10.1. The van der Waals surface area contributed by atoms with Crippen LogP contribution < -0.4 is 5.32 Å². The lowest BCUT2D eigenvalue weighted by Crippen LogP contribution is -2.45. The quantitative estimate of drug-likeness (QED) is 0.0502. The molecular formula is C43H71NO3. The van der Waals surface area contributed by atoms with Crippen molar-refractivity contribution in [2.75, 3.05) is 6.61 Å². The Bertz CT molecular complexity index is 921. The average Bonchev–Trinajstić information content (AvgIpc) is 3.07. The Labute approximate surface area is 290 Å². The van der Waals surface area contributed by atoms with Crippen molar-refractivity contribution in [2.24, 2.45) is 0 Å². The van der Waals surface area contributed by atoms with Crippen LogP contribution in [0, 0.1) is 0 Å². The van der Waals surface area contributed by atoms with E-state index in [1.165, 1.54) is 44.9 Å². The molecule has 0 aromatic rings. The van der Waals surface area contributed by atoms with Crippen LogP contribution >= 0.6 is 0 Å². The number of unbranched alkanes of at least 4 members (excludes halogenated alkanes) is 11. The molecule has 0 saturated carbocycles. The first kappa shape index (κ1) is 44.3. The Balaban J connectivity index is 3.78. The molecule has 0 rings (SSSR count). The first-order valence-electron chi connectivity index (χ1n) is 19.0. The van der Waals surface area contributed by atoms with Gasteiger partial charge in [-0.15, -0.1) is 0 Å². The van der Waals surface area contributed by atoms with Gasteiger partial charge in [-0.1, -0.05) is 150 Å². The van der Waals surface area contributed by atoms with E-state index in [2.05, 4.69) is 104 Å². The summed E-state index contributed by atoms with van der Waals surface area (Å²) in [5.41, 5.74) is 0. The van der Waals surface area contributed by atoms with Crippen LogP contribution in [0.5, 0.6) is 0 Å². The summed E-state index contributed by atoms with van der Waals surface area (Å²) in [7, 11) is 0. The number of aliphatic hydroxyl groups excluding tert-OH is 2. The number of aliphatic hydroxyl groups is 2. The van der Waals surface area contributed by atoms with E-state index in [0.29, 0.717) is 6.42 Å². The second kappa shape index (κ2) is 37.8. The van der Waals surface area contributed by atoms with Crippen LogP contribution in [0.4, 0.5) is 0 Å². The van der Waals surface area contributed by atoms with E-state index < -0.39 is 12.1 Å². The summed E-state index contributed by atoms with van der Waals surface area (Å²) in [6.45, 7) is 4.12. The Hall–Kier alpha value is -2.69. The summed E-state index contributed by atoms with van der Waals surface area (Å²) < 4.78 is 0. The van der Waals surface area contributed by atoms with Gasteiger partial charge < -0.3 is 15.5 Å². The van der Waals surface area contributed by atoms with Crippen molar-refractivity contribution in [2.45, 2.75) is 161 Å². The Morgan fingerprint density at radius 1 is 0.532 bits per heavy atom. The van der Waals surface area contributed by atoms with Crippen molar-refractivity contribution in [3.05, 3.63) is 97.2 Å². The molecule has 0 spiro atoms. The highest BCUT2D eigenvalue weighted by atomic mass is 16.3. The highest BCUT2D eigenvalue weighted by Gasteiger charge is 2.17. The molecule has 0 radical (unpaired) electrons. The van der Waals surface area contributed by atoms with Gasteiger partial charge in [0.25, 0.3) is 0 Å². The topological polar surface area (TPSA) is 69.6 Å². The predicted molar refractivity (Wildman–Crippen MR) is 206 cm³/mol. The van der Waals surface area contributed by atoms with Crippen LogP contribution in [0.3, 0.4) is 0 Å². The van der Waals surface area contributed by atoms with Gasteiger partial charge in [-0.2, -0.15) is 0 Å². The van der Waals surface area contributed by atoms with Gasteiger partial charge in [0, 0.05) is 6.42 Å². The fourth-order valence-corrected chi connectivity index (χ4v) is 4.88. The van der Waals surface area contributed by atoms with Crippen molar-refractivity contribution in [3.63, 3.8) is 0 Å². The third kappa shape index (κ3) is 34.5. The van der Waals surface area contributed by atoms with Gasteiger partial charge in [0.05, 0.1) is 18.8 Å². The third-order valence-electron chi connectivity index (χ3n) is 7.78. The number of nitrogens with one attached hydrogen (secondary N) is 1. The smallest absolute Gasteiger partial charge is 0.220 e. The van der Waals surface area contributed by atoms with Crippen molar-refractivity contribution in [1.82, 2.24) is 5.32 Å². The molecular weight excluding hydrogens is 578 g/mol. The molecule has 3 N–H and O–H groups in total. The van der Waals surface area contributed by atoms with Gasteiger partial charge in [0.15, 0.2) is 0 Å². The maximum Gasteiger partial charge on any atom is 0.220 e. The minimum atomic E-state index is -0.883. The van der Waals surface area contributed by atoms with Crippen LogP contribution in [0.2, 0.25) is 0 Å². The molecule has 4 nitrogen and oxygen atoms in total. The zero-order valence-electron chi connectivity index (χ0n) is 30.3. The van der Waals surface area contributed by atoms with Crippen molar-refractivity contribution >= 4 is 5.91 Å². The monoisotopic (exact) mass is 650 g/mol. The van der Waals surface area contributed by atoms with E-state index in [-0.39, 0.29) is 12.5 Å². The van der Waals surface area contributed by atoms with Gasteiger partial charge in [0.2, 0.25) is 5.91 Å². The summed E-state index contributed by atoms with van der Waals surface area (Å²) >= 11 is 0. The van der Waals surface area contributed by atoms with Gasteiger partial charge in [-0.25, -0.2) is 0 Å². The summed E-state index contributed by atoms with van der Waals surface area (Å²) in [6, 6.07) is -0.661. The predicted octanol–water partition coefficient (Wildman–Crippen LogP) is 11.5. The zero-order valence-corrected chi connectivity index (χ0v) is 30.3. The second-order valence-electron chi connectivity index (χ2n) is 12.2. The molecule has 47 heavy (non-hydrogen) atoms. The number of carbonyl (C=O) groups is 1. The molecule has 0 heterocycles. The molecule has 266 valence electrons. The van der Waals surface area contributed by atoms with Crippen LogP contribution in [-0.4, -0.2) is 34.9 Å². The number of rotatable bonds is 32. The molecule has 0 bridgehead atoms. The summed E-state index contributed by atoms with van der Waals surface area (Å²) in [4.78, 5) is 12.3. The van der Waals surface area contributed by atoms with Gasteiger partial charge in [-0.05, 0) is 89.9 Å². The first-order chi connectivity index (χ1) is 23.2. The number of amides is 1. The van der Waals surface area contributed by atoms with Gasteiger partial charge >= 0.3 is 0 Å². The summed E-state index contributed by atoms with van der Waals surface area (Å²) in [6.07, 6.45) is 56.3. The van der Waals surface area contributed by atoms with Crippen molar-refractivity contribution in [1.29, 1.82) is 0 Å². The molecule has 0 aromatic heterocycles. The second-order valence-corrected chi connectivity index (χ2v) is 12.2. The largest absolute Gasteiger partial charge is 0.394 e. The lowest BCUT2D eigenvalue weighted by Gasteiger charge is -2.19. The van der Waals surface area contributed by atoms with E-state index in [9.17, 15) is 15.0 Å².